The molecule has 0 aliphatic rings. The highest BCUT2D eigenvalue weighted by atomic mass is 35.5. The molecular formula is C27H25ClF3N5. The highest BCUT2D eigenvalue weighted by Crippen LogP contribution is 2.30. The van der Waals surface area contributed by atoms with Gasteiger partial charge in [0, 0.05) is 42.6 Å². The summed E-state index contributed by atoms with van der Waals surface area (Å²) in [5.41, 5.74) is 4.15. The van der Waals surface area contributed by atoms with Crippen LogP contribution in [0.4, 0.5) is 13.2 Å². The zero-order chi connectivity index (χ0) is 26.3. The highest BCUT2D eigenvalue weighted by Gasteiger charge is 2.29. The van der Waals surface area contributed by atoms with Crippen LogP contribution in [0.1, 0.15) is 11.1 Å². The molecule has 36 heavy (non-hydrogen) atoms. The molecule has 0 N–H and O–H groups in total. The van der Waals surface area contributed by atoms with Crippen LogP contribution in [0.2, 0.25) is 5.02 Å². The fourth-order valence-electron chi connectivity index (χ4n) is 3.57. The Kier molecular flexibility index (Phi) is 8.66. The summed E-state index contributed by atoms with van der Waals surface area (Å²) >= 11 is 6.08. The predicted octanol–water partition coefficient (Wildman–Crippen LogP) is 6.57. The topological polar surface area (TPSA) is 46.3 Å². The van der Waals surface area contributed by atoms with Gasteiger partial charge in [0.1, 0.15) is 0 Å². The van der Waals surface area contributed by atoms with Gasteiger partial charge in [-0.05, 0) is 53.1 Å². The molecule has 0 saturated heterocycles. The van der Waals surface area contributed by atoms with Crippen LogP contribution >= 0.6 is 11.6 Å². The summed E-state index contributed by atoms with van der Waals surface area (Å²) in [5, 5.41) is 11.6. The summed E-state index contributed by atoms with van der Waals surface area (Å²) in [7, 11) is 3.56. The van der Waals surface area contributed by atoms with Gasteiger partial charge in [-0.25, -0.2) is 4.68 Å². The Morgan fingerprint density at radius 2 is 1.56 bits per heavy atom. The van der Waals surface area contributed by atoms with E-state index in [1.165, 1.54) is 12.1 Å². The number of benzene rings is 2. The van der Waals surface area contributed by atoms with E-state index in [0.717, 1.165) is 34.4 Å². The van der Waals surface area contributed by atoms with Crippen LogP contribution in [0.5, 0.6) is 0 Å². The van der Waals surface area contributed by atoms with Gasteiger partial charge >= 0.3 is 6.18 Å². The first-order chi connectivity index (χ1) is 17.2. The van der Waals surface area contributed by atoms with E-state index in [1.807, 2.05) is 36.4 Å². The number of aryl methyl sites for hydroxylation is 1. The molecule has 9 heteroatoms. The molecule has 2 heterocycles. The van der Waals surface area contributed by atoms with E-state index in [2.05, 4.69) is 23.2 Å². The number of pyridine rings is 1. The third kappa shape index (κ3) is 6.40. The Hall–Kier alpha value is -3.91. The normalized spacial score (nSPS) is 11.6. The molecule has 0 amide bonds. The molecule has 0 aliphatic heterocycles. The van der Waals surface area contributed by atoms with Crippen molar-refractivity contribution in [1.29, 1.82) is 0 Å². The number of hydrogen-bond acceptors (Lipinski definition) is 4. The second-order valence-corrected chi connectivity index (χ2v) is 8.17. The van der Waals surface area contributed by atoms with E-state index in [4.69, 9.17) is 16.7 Å². The van der Waals surface area contributed by atoms with Gasteiger partial charge in [-0.2, -0.15) is 23.4 Å². The lowest BCUT2D eigenvalue weighted by Gasteiger charge is -2.17. The summed E-state index contributed by atoms with van der Waals surface area (Å²) < 4.78 is 40.3. The summed E-state index contributed by atoms with van der Waals surface area (Å²) in [6.45, 7) is 6.32. The molecule has 0 atom stereocenters. The van der Waals surface area contributed by atoms with Crippen molar-refractivity contribution in [2.24, 2.45) is 12.1 Å². The lowest BCUT2D eigenvalue weighted by atomic mass is 9.98. The largest absolute Gasteiger partial charge is 0.416 e. The van der Waals surface area contributed by atoms with Crippen LogP contribution < -0.4 is 5.49 Å². The summed E-state index contributed by atoms with van der Waals surface area (Å²) in [6.07, 6.45) is 0.817. The molecule has 0 aliphatic carbocycles. The van der Waals surface area contributed by atoms with E-state index >= 15 is 0 Å². The van der Waals surface area contributed by atoms with Crippen molar-refractivity contribution in [1.82, 2.24) is 19.8 Å². The highest BCUT2D eigenvalue weighted by molar-refractivity contribution is 6.30. The van der Waals surface area contributed by atoms with Gasteiger partial charge in [-0.1, -0.05) is 35.9 Å². The first-order valence-electron chi connectivity index (χ1n) is 10.9. The number of aromatic nitrogens is 3. The van der Waals surface area contributed by atoms with Gasteiger partial charge in [-0.3, -0.25) is 9.99 Å². The summed E-state index contributed by atoms with van der Waals surface area (Å²) in [4.78, 5) is 4.12. The number of nitrogens with zero attached hydrogens (tertiary/aromatic N) is 5. The van der Waals surface area contributed by atoms with Crippen molar-refractivity contribution in [3.05, 3.63) is 114 Å². The SMILES string of the molecule is C=C.CN(Cc1ccc(C(F)(F)F)cc1)/N=c1/c(-c2ccncc2)c(-c2ccc(Cl)cc2)cnn1C. The fourth-order valence-corrected chi connectivity index (χ4v) is 3.70. The number of rotatable bonds is 5. The minimum Gasteiger partial charge on any atom is -0.294 e. The van der Waals surface area contributed by atoms with Gasteiger partial charge in [0.15, 0.2) is 5.49 Å². The molecule has 2 aromatic carbocycles. The molecule has 0 radical (unpaired) electrons. The average Bonchev–Trinajstić information content (AvgIpc) is 2.87. The maximum atomic E-state index is 12.9. The zero-order valence-corrected chi connectivity index (χ0v) is 20.6. The lowest BCUT2D eigenvalue weighted by molar-refractivity contribution is -0.137. The molecule has 0 saturated carbocycles. The number of alkyl halides is 3. The Bertz CT molecular complexity index is 1350. The first kappa shape index (κ1) is 26.7. The smallest absolute Gasteiger partial charge is 0.294 e. The van der Waals surface area contributed by atoms with Gasteiger partial charge in [0.2, 0.25) is 0 Å². The van der Waals surface area contributed by atoms with Crippen molar-refractivity contribution in [2.45, 2.75) is 12.7 Å². The summed E-state index contributed by atoms with van der Waals surface area (Å²) in [6, 6.07) is 16.3. The predicted molar refractivity (Wildman–Crippen MR) is 137 cm³/mol. The van der Waals surface area contributed by atoms with Crippen LogP contribution in [-0.4, -0.2) is 26.8 Å². The third-order valence-electron chi connectivity index (χ3n) is 5.24. The molecule has 0 bridgehead atoms. The van der Waals surface area contributed by atoms with Gasteiger partial charge in [0.25, 0.3) is 0 Å². The maximum absolute atomic E-state index is 12.9. The number of hydrogen-bond donors (Lipinski definition) is 0. The molecule has 0 spiro atoms. The standard InChI is InChI=1S/C25H21ClF3N5.C2H4/c1-33(16-17-3-7-20(8-4-17)25(27,28)29)32-24-23(19-11-13-30-14-12-19)22(15-31-34(24)2)18-5-9-21(26)10-6-18;1-2/h3-15H,16H2,1-2H3;1-2H2/b32-24-;. The molecule has 4 rings (SSSR count). The van der Waals surface area contributed by atoms with Gasteiger partial charge in [0.05, 0.1) is 18.3 Å². The van der Waals surface area contributed by atoms with E-state index in [0.29, 0.717) is 22.6 Å². The van der Waals surface area contributed by atoms with Crippen LogP contribution in [-0.2, 0) is 19.8 Å². The van der Waals surface area contributed by atoms with Gasteiger partial charge < -0.3 is 0 Å². The molecule has 5 nitrogen and oxygen atoms in total. The van der Waals surface area contributed by atoms with Crippen molar-refractivity contribution in [2.75, 3.05) is 7.05 Å². The molecule has 0 fully saturated rings. The molecule has 186 valence electrons. The first-order valence-corrected chi connectivity index (χ1v) is 11.2. The molecule has 4 aromatic rings. The second kappa shape index (κ2) is 11.7. The van der Waals surface area contributed by atoms with E-state index in [9.17, 15) is 13.2 Å². The maximum Gasteiger partial charge on any atom is 0.416 e. The van der Waals surface area contributed by atoms with E-state index < -0.39 is 11.7 Å². The fraction of sp³-hybridized carbons (Fsp3) is 0.148. The van der Waals surface area contributed by atoms with Crippen LogP contribution in [0.3, 0.4) is 0 Å². The van der Waals surface area contributed by atoms with E-state index in [-0.39, 0.29) is 0 Å². The van der Waals surface area contributed by atoms with Crippen molar-refractivity contribution in [3.8, 4) is 22.3 Å². The van der Waals surface area contributed by atoms with E-state index in [1.54, 1.807) is 42.4 Å². The lowest BCUT2D eigenvalue weighted by Crippen LogP contribution is -2.28. The average molecular weight is 512 g/mol. The van der Waals surface area contributed by atoms with Crippen molar-refractivity contribution < 1.29 is 13.2 Å². The van der Waals surface area contributed by atoms with Crippen molar-refractivity contribution >= 4 is 11.6 Å². The Balaban J connectivity index is 0.00000176. The second-order valence-electron chi connectivity index (χ2n) is 7.73. The van der Waals surface area contributed by atoms with Crippen molar-refractivity contribution in [3.63, 3.8) is 0 Å². The van der Waals surface area contributed by atoms with Crippen LogP contribution in [0, 0.1) is 0 Å². The monoisotopic (exact) mass is 511 g/mol. The summed E-state index contributed by atoms with van der Waals surface area (Å²) in [5.74, 6) is 0. The quantitative estimate of drug-likeness (QED) is 0.225. The minimum atomic E-state index is -4.37. The Labute approximate surface area is 212 Å². The van der Waals surface area contributed by atoms with Crippen LogP contribution in [0.15, 0.2) is 97.5 Å². The number of halogens is 4. The Morgan fingerprint density at radius 3 is 2.14 bits per heavy atom. The van der Waals surface area contributed by atoms with Crippen LogP contribution in [0.25, 0.3) is 22.3 Å². The Morgan fingerprint density at radius 1 is 0.944 bits per heavy atom. The zero-order valence-electron chi connectivity index (χ0n) is 19.9. The third-order valence-corrected chi connectivity index (χ3v) is 5.49. The molecule has 0 unspecified atom stereocenters. The molecular weight excluding hydrogens is 487 g/mol. The van der Waals surface area contributed by atoms with Gasteiger partial charge in [-0.15, -0.1) is 13.2 Å². The minimum absolute atomic E-state index is 0.319. The molecule has 2 aromatic heterocycles.